The van der Waals surface area contributed by atoms with Crippen LogP contribution in [0.25, 0.3) is 0 Å². The zero-order valence-electron chi connectivity index (χ0n) is 11.0. The van der Waals surface area contributed by atoms with Crippen LogP contribution in [0.4, 0.5) is 0 Å². The maximum Gasteiger partial charge on any atom is 0.253 e. The van der Waals surface area contributed by atoms with Gasteiger partial charge in [0.25, 0.3) is 5.91 Å². The van der Waals surface area contributed by atoms with Crippen LogP contribution in [-0.4, -0.2) is 32.0 Å². The summed E-state index contributed by atoms with van der Waals surface area (Å²) in [5.74, 6) is 0.203. The average Bonchev–Trinajstić information content (AvgIpc) is 2.29. The van der Waals surface area contributed by atoms with Gasteiger partial charge in [-0.1, -0.05) is 30.8 Å². The minimum Gasteiger partial charge on any atom is -0.339 e. The first kappa shape index (κ1) is 12.4. The summed E-state index contributed by atoms with van der Waals surface area (Å²) in [7, 11) is -0.982. The van der Waals surface area contributed by atoms with Crippen molar-refractivity contribution in [1.82, 2.24) is 4.90 Å². The van der Waals surface area contributed by atoms with Gasteiger partial charge in [-0.25, -0.2) is 0 Å². The van der Waals surface area contributed by atoms with E-state index in [2.05, 4.69) is 13.1 Å². The fourth-order valence-electron chi connectivity index (χ4n) is 2.19. The Bertz CT molecular complexity index is 401. The fourth-order valence-corrected chi connectivity index (χ4v) is 4.19. The Labute approximate surface area is 105 Å². The number of carbonyl (C=O) groups is 1. The monoisotopic (exact) mass is 247 g/mol. The second kappa shape index (κ2) is 4.65. The Morgan fingerprint density at radius 3 is 2.18 bits per heavy atom. The van der Waals surface area contributed by atoms with Gasteiger partial charge in [-0.15, -0.1) is 0 Å². The molecule has 0 radical (unpaired) electrons. The molecule has 3 heteroatoms. The van der Waals surface area contributed by atoms with Crippen LogP contribution in [0.2, 0.25) is 25.2 Å². The number of aryl methyl sites for hydroxylation is 1. The Morgan fingerprint density at radius 1 is 1.12 bits per heavy atom. The van der Waals surface area contributed by atoms with E-state index in [1.54, 1.807) is 0 Å². The van der Waals surface area contributed by atoms with Crippen LogP contribution in [0.3, 0.4) is 0 Å². The summed E-state index contributed by atoms with van der Waals surface area (Å²) in [6.07, 6.45) is 0. The normalized spacial score (nSPS) is 19.1. The highest BCUT2D eigenvalue weighted by atomic mass is 28.3. The van der Waals surface area contributed by atoms with Crippen molar-refractivity contribution in [2.24, 2.45) is 0 Å². The van der Waals surface area contributed by atoms with Gasteiger partial charge in [-0.2, -0.15) is 0 Å². The van der Waals surface area contributed by atoms with E-state index in [0.717, 1.165) is 18.7 Å². The van der Waals surface area contributed by atoms with Crippen molar-refractivity contribution in [2.45, 2.75) is 32.1 Å². The molecule has 1 aromatic rings. The molecule has 1 saturated heterocycles. The van der Waals surface area contributed by atoms with E-state index >= 15 is 0 Å². The topological polar surface area (TPSA) is 20.3 Å². The second-order valence-electron chi connectivity index (χ2n) is 5.82. The Kier molecular flexibility index (Phi) is 3.38. The third-order valence-electron chi connectivity index (χ3n) is 3.70. The molecule has 92 valence electrons. The highest BCUT2D eigenvalue weighted by Gasteiger charge is 2.29. The molecular formula is C14H21NOSi. The van der Waals surface area contributed by atoms with E-state index in [0.29, 0.717) is 0 Å². The molecule has 1 fully saturated rings. The van der Waals surface area contributed by atoms with Gasteiger partial charge < -0.3 is 4.90 Å². The molecule has 2 rings (SSSR count). The SMILES string of the molecule is Cc1ccc(C(=O)N2CC[Si](C)(C)CC2)cc1. The molecule has 0 atom stereocenters. The highest BCUT2D eigenvalue weighted by Crippen LogP contribution is 2.23. The molecule has 17 heavy (non-hydrogen) atoms. The lowest BCUT2D eigenvalue weighted by Gasteiger charge is -2.35. The minimum atomic E-state index is -0.982. The molecule has 0 aromatic heterocycles. The number of hydrogen-bond acceptors (Lipinski definition) is 1. The van der Waals surface area contributed by atoms with Crippen LogP contribution in [0.15, 0.2) is 24.3 Å². The van der Waals surface area contributed by atoms with Crippen LogP contribution in [0.1, 0.15) is 15.9 Å². The molecule has 1 heterocycles. The number of hydrogen-bond donors (Lipinski definition) is 0. The van der Waals surface area contributed by atoms with E-state index in [-0.39, 0.29) is 5.91 Å². The number of nitrogens with zero attached hydrogens (tertiary/aromatic N) is 1. The standard InChI is InChI=1S/C14H21NOSi/c1-12-4-6-13(7-5-12)14(16)15-8-10-17(2,3)11-9-15/h4-7H,8-11H2,1-3H3. The summed E-state index contributed by atoms with van der Waals surface area (Å²) in [5.41, 5.74) is 2.03. The van der Waals surface area contributed by atoms with E-state index in [4.69, 9.17) is 0 Å². The van der Waals surface area contributed by atoms with Crippen molar-refractivity contribution < 1.29 is 4.79 Å². The highest BCUT2D eigenvalue weighted by molar-refractivity contribution is 6.77. The van der Waals surface area contributed by atoms with Gasteiger partial charge in [-0.05, 0) is 31.1 Å². The number of rotatable bonds is 1. The van der Waals surface area contributed by atoms with E-state index in [9.17, 15) is 4.79 Å². The van der Waals surface area contributed by atoms with Crippen LogP contribution in [-0.2, 0) is 0 Å². The Morgan fingerprint density at radius 2 is 1.65 bits per heavy atom. The summed E-state index contributed by atoms with van der Waals surface area (Å²) >= 11 is 0. The van der Waals surface area contributed by atoms with Crippen molar-refractivity contribution in [2.75, 3.05) is 13.1 Å². The first-order valence-corrected chi connectivity index (χ1v) is 9.75. The molecule has 0 bridgehead atoms. The predicted octanol–water partition coefficient (Wildman–Crippen LogP) is 3.16. The molecule has 1 aliphatic heterocycles. The molecule has 1 aromatic carbocycles. The molecule has 1 amide bonds. The van der Waals surface area contributed by atoms with Gasteiger partial charge in [0, 0.05) is 18.7 Å². The van der Waals surface area contributed by atoms with Gasteiger partial charge in [0.15, 0.2) is 0 Å². The van der Waals surface area contributed by atoms with Crippen molar-refractivity contribution in [3.05, 3.63) is 35.4 Å². The molecule has 2 nitrogen and oxygen atoms in total. The van der Waals surface area contributed by atoms with Gasteiger partial charge in [0.05, 0.1) is 8.07 Å². The summed E-state index contributed by atoms with van der Waals surface area (Å²) < 4.78 is 0. The zero-order chi connectivity index (χ0) is 12.5. The molecule has 1 aliphatic rings. The molecule has 0 spiro atoms. The van der Waals surface area contributed by atoms with E-state index in [1.807, 2.05) is 36.1 Å². The number of benzene rings is 1. The fraction of sp³-hybridized carbons (Fsp3) is 0.500. The van der Waals surface area contributed by atoms with Gasteiger partial charge in [0.1, 0.15) is 0 Å². The molecule has 0 aliphatic carbocycles. The first-order valence-electron chi connectivity index (χ1n) is 6.34. The largest absolute Gasteiger partial charge is 0.339 e. The van der Waals surface area contributed by atoms with Crippen molar-refractivity contribution in [3.63, 3.8) is 0 Å². The minimum absolute atomic E-state index is 0.203. The van der Waals surface area contributed by atoms with Crippen LogP contribution >= 0.6 is 0 Å². The summed E-state index contributed by atoms with van der Waals surface area (Å²) in [6, 6.07) is 10.4. The predicted molar refractivity (Wildman–Crippen MR) is 74.2 cm³/mol. The quantitative estimate of drug-likeness (QED) is 0.698. The third-order valence-corrected chi connectivity index (χ3v) is 6.86. The molecular weight excluding hydrogens is 226 g/mol. The van der Waals surface area contributed by atoms with E-state index in [1.165, 1.54) is 17.7 Å². The van der Waals surface area contributed by atoms with Gasteiger partial charge >= 0.3 is 0 Å². The molecule has 0 unspecified atom stereocenters. The third kappa shape index (κ3) is 2.97. The molecule has 0 saturated carbocycles. The summed E-state index contributed by atoms with van der Waals surface area (Å²) in [5, 5.41) is 0. The van der Waals surface area contributed by atoms with Crippen LogP contribution in [0, 0.1) is 6.92 Å². The maximum atomic E-state index is 12.3. The van der Waals surface area contributed by atoms with Crippen molar-refractivity contribution >= 4 is 14.0 Å². The Balaban J connectivity index is 2.04. The first-order chi connectivity index (χ1) is 7.98. The lowest BCUT2D eigenvalue weighted by atomic mass is 10.1. The lowest BCUT2D eigenvalue weighted by molar-refractivity contribution is 0.0765. The van der Waals surface area contributed by atoms with Crippen LogP contribution in [0.5, 0.6) is 0 Å². The van der Waals surface area contributed by atoms with Gasteiger partial charge in [-0.3, -0.25) is 4.79 Å². The summed E-state index contributed by atoms with van der Waals surface area (Å²) in [4.78, 5) is 14.3. The average molecular weight is 247 g/mol. The van der Waals surface area contributed by atoms with E-state index < -0.39 is 8.07 Å². The van der Waals surface area contributed by atoms with Gasteiger partial charge in [0.2, 0.25) is 0 Å². The second-order valence-corrected chi connectivity index (χ2v) is 11.2. The van der Waals surface area contributed by atoms with Crippen molar-refractivity contribution in [3.8, 4) is 0 Å². The molecule has 0 N–H and O–H groups in total. The Hall–Kier alpha value is -1.09. The lowest BCUT2D eigenvalue weighted by Crippen LogP contribution is -2.45. The van der Waals surface area contributed by atoms with Crippen molar-refractivity contribution in [1.29, 1.82) is 0 Å². The number of amides is 1. The summed E-state index contributed by atoms with van der Waals surface area (Å²) in [6.45, 7) is 8.78. The number of carbonyl (C=O) groups excluding carboxylic acids is 1. The zero-order valence-corrected chi connectivity index (χ0v) is 12.0. The smallest absolute Gasteiger partial charge is 0.253 e. The maximum absolute atomic E-state index is 12.3. The van der Waals surface area contributed by atoms with Crippen LogP contribution < -0.4 is 0 Å².